The zero-order valence-electron chi connectivity index (χ0n) is 17.1. The molecule has 0 saturated heterocycles. The van der Waals surface area contributed by atoms with Crippen LogP contribution in [0.3, 0.4) is 0 Å². The molecule has 9 nitrogen and oxygen atoms in total. The fourth-order valence-corrected chi connectivity index (χ4v) is 3.15. The Hall–Kier alpha value is -3.85. The third kappa shape index (κ3) is 4.36. The van der Waals surface area contributed by atoms with Gasteiger partial charge in [-0.2, -0.15) is 4.98 Å². The number of nitrogens with zero attached hydrogens (tertiary/aromatic N) is 3. The first-order valence-corrected chi connectivity index (χ1v) is 9.72. The molecule has 9 heteroatoms. The Bertz CT molecular complexity index is 1310. The van der Waals surface area contributed by atoms with Gasteiger partial charge in [-0.25, -0.2) is 4.79 Å². The molecule has 4 rings (SSSR count). The molecule has 0 saturated carbocycles. The van der Waals surface area contributed by atoms with E-state index in [1.54, 1.807) is 24.3 Å². The molecule has 2 aromatic heterocycles. The number of aliphatic hydroxyl groups is 1. The zero-order valence-corrected chi connectivity index (χ0v) is 17.1. The van der Waals surface area contributed by atoms with Crippen LogP contribution in [0.25, 0.3) is 11.2 Å². The van der Waals surface area contributed by atoms with Crippen molar-refractivity contribution in [1.29, 1.82) is 0 Å². The summed E-state index contributed by atoms with van der Waals surface area (Å²) in [5.74, 6) is 1.13. The summed E-state index contributed by atoms with van der Waals surface area (Å²) in [7, 11) is 1.50. The molecule has 0 bridgehead atoms. The Morgan fingerprint density at radius 1 is 1.06 bits per heavy atom. The molecule has 0 aliphatic carbocycles. The standard InChI is InChI=1S/C22H22N4O5/c1-14-8-10-17(11-9-14)31-22-23-19-18(20(28)24-21(29)25(19)2)26(22)12-15(27)13-30-16-6-4-3-5-7-16/h3-11,15,27H,12-13H2,1-2H3,(H,24,28,29). The maximum atomic E-state index is 12.5. The van der Waals surface area contributed by atoms with Crippen molar-refractivity contribution in [3.63, 3.8) is 0 Å². The third-order valence-corrected chi connectivity index (χ3v) is 4.78. The van der Waals surface area contributed by atoms with Gasteiger partial charge in [-0.15, -0.1) is 0 Å². The van der Waals surface area contributed by atoms with Crippen molar-refractivity contribution in [3.8, 4) is 17.5 Å². The molecule has 2 N–H and O–H groups in total. The molecule has 2 aromatic carbocycles. The van der Waals surface area contributed by atoms with Gasteiger partial charge in [-0.05, 0) is 31.2 Å². The second kappa shape index (κ2) is 8.49. The van der Waals surface area contributed by atoms with E-state index in [4.69, 9.17) is 9.47 Å². The van der Waals surface area contributed by atoms with E-state index in [-0.39, 0.29) is 30.3 Å². The Balaban J connectivity index is 1.68. The molecule has 31 heavy (non-hydrogen) atoms. The summed E-state index contributed by atoms with van der Waals surface area (Å²) in [5.41, 5.74) is 0.153. The lowest BCUT2D eigenvalue weighted by molar-refractivity contribution is 0.0915. The molecule has 0 aliphatic rings. The molecule has 2 heterocycles. The highest BCUT2D eigenvalue weighted by Crippen LogP contribution is 2.24. The highest BCUT2D eigenvalue weighted by atomic mass is 16.5. The first-order chi connectivity index (χ1) is 14.9. The monoisotopic (exact) mass is 422 g/mol. The van der Waals surface area contributed by atoms with Crippen LogP contribution < -0.4 is 20.7 Å². The minimum atomic E-state index is -0.963. The topological polar surface area (TPSA) is 111 Å². The van der Waals surface area contributed by atoms with Gasteiger partial charge in [0.2, 0.25) is 0 Å². The van der Waals surface area contributed by atoms with Crippen LogP contribution in [-0.4, -0.2) is 36.9 Å². The molecule has 0 amide bonds. The number of aryl methyl sites for hydroxylation is 2. The van der Waals surface area contributed by atoms with Gasteiger partial charge >= 0.3 is 11.7 Å². The molecule has 1 atom stereocenters. The number of aromatic nitrogens is 4. The third-order valence-electron chi connectivity index (χ3n) is 4.78. The fourth-order valence-electron chi connectivity index (χ4n) is 3.15. The molecule has 0 aliphatic heterocycles. The molecule has 0 fully saturated rings. The van der Waals surface area contributed by atoms with Gasteiger partial charge in [0.15, 0.2) is 11.2 Å². The maximum absolute atomic E-state index is 12.5. The van der Waals surface area contributed by atoms with Gasteiger partial charge in [-0.1, -0.05) is 35.9 Å². The van der Waals surface area contributed by atoms with Crippen LogP contribution in [0.5, 0.6) is 17.5 Å². The predicted molar refractivity (Wildman–Crippen MR) is 115 cm³/mol. The first-order valence-electron chi connectivity index (χ1n) is 9.72. The lowest BCUT2D eigenvalue weighted by Gasteiger charge is -2.15. The number of aliphatic hydroxyl groups excluding tert-OH is 1. The number of imidazole rings is 1. The van der Waals surface area contributed by atoms with Crippen molar-refractivity contribution in [3.05, 3.63) is 81.0 Å². The van der Waals surface area contributed by atoms with Crippen LogP contribution in [0.4, 0.5) is 0 Å². The molecule has 1 unspecified atom stereocenters. The zero-order chi connectivity index (χ0) is 22.0. The van der Waals surface area contributed by atoms with Crippen molar-refractivity contribution in [2.75, 3.05) is 6.61 Å². The van der Waals surface area contributed by atoms with Crippen molar-refractivity contribution >= 4 is 11.2 Å². The van der Waals surface area contributed by atoms with Crippen LogP contribution in [-0.2, 0) is 13.6 Å². The van der Waals surface area contributed by atoms with E-state index in [1.165, 1.54) is 16.2 Å². The Morgan fingerprint density at radius 2 is 1.77 bits per heavy atom. The Labute approximate surface area is 177 Å². The van der Waals surface area contributed by atoms with Gasteiger partial charge in [0.25, 0.3) is 5.56 Å². The summed E-state index contributed by atoms with van der Waals surface area (Å²) < 4.78 is 14.2. The lowest BCUT2D eigenvalue weighted by atomic mass is 10.2. The molecule has 0 spiro atoms. The molecule has 4 aromatic rings. The van der Waals surface area contributed by atoms with Crippen molar-refractivity contribution in [1.82, 2.24) is 19.1 Å². The highest BCUT2D eigenvalue weighted by molar-refractivity contribution is 5.71. The summed E-state index contributed by atoms with van der Waals surface area (Å²) in [6.07, 6.45) is -0.963. The number of H-pyrrole nitrogens is 1. The van der Waals surface area contributed by atoms with E-state index in [0.29, 0.717) is 11.5 Å². The van der Waals surface area contributed by atoms with Gasteiger partial charge in [0.05, 0.1) is 6.54 Å². The van der Waals surface area contributed by atoms with Gasteiger partial charge in [0.1, 0.15) is 24.2 Å². The SMILES string of the molecule is Cc1ccc(Oc2nc3c(c(=O)[nH]c(=O)n3C)n2CC(O)COc2ccccc2)cc1. The van der Waals surface area contributed by atoms with E-state index in [9.17, 15) is 14.7 Å². The average Bonchev–Trinajstić information content (AvgIpc) is 3.11. The summed E-state index contributed by atoms with van der Waals surface area (Å²) >= 11 is 0. The summed E-state index contributed by atoms with van der Waals surface area (Å²) in [4.78, 5) is 31.2. The number of aromatic amines is 1. The van der Waals surface area contributed by atoms with Crippen LogP contribution in [0.2, 0.25) is 0 Å². The number of fused-ring (bicyclic) bond motifs is 1. The van der Waals surface area contributed by atoms with Gasteiger partial charge in [-0.3, -0.25) is 18.9 Å². The maximum Gasteiger partial charge on any atom is 0.329 e. The average molecular weight is 422 g/mol. The summed E-state index contributed by atoms with van der Waals surface area (Å²) in [6.45, 7) is 1.93. The van der Waals surface area contributed by atoms with Gasteiger partial charge < -0.3 is 14.6 Å². The quantitative estimate of drug-likeness (QED) is 0.471. The molecule has 160 valence electrons. The van der Waals surface area contributed by atoms with Crippen LogP contribution in [0.1, 0.15) is 5.56 Å². The van der Waals surface area contributed by atoms with E-state index >= 15 is 0 Å². The first kappa shape index (κ1) is 20.4. The number of ether oxygens (including phenoxy) is 2. The molecular formula is C22H22N4O5. The summed E-state index contributed by atoms with van der Waals surface area (Å²) in [6, 6.07) is 16.5. The Morgan fingerprint density at radius 3 is 2.48 bits per heavy atom. The highest BCUT2D eigenvalue weighted by Gasteiger charge is 2.21. The number of hydrogen-bond donors (Lipinski definition) is 2. The second-order valence-electron chi connectivity index (χ2n) is 7.19. The van der Waals surface area contributed by atoms with Crippen molar-refractivity contribution < 1.29 is 14.6 Å². The molecule has 0 radical (unpaired) electrons. The van der Waals surface area contributed by atoms with Gasteiger partial charge in [0, 0.05) is 7.05 Å². The largest absolute Gasteiger partial charge is 0.491 e. The lowest BCUT2D eigenvalue weighted by Crippen LogP contribution is -2.30. The molecular weight excluding hydrogens is 400 g/mol. The predicted octanol–water partition coefficient (Wildman–Crippen LogP) is 1.96. The van der Waals surface area contributed by atoms with E-state index in [2.05, 4.69) is 9.97 Å². The Kier molecular flexibility index (Phi) is 5.59. The van der Waals surface area contributed by atoms with Crippen molar-refractivity contribution in [2.24, 2.45) is 7.05 Å². The van der Waals surface area contributed by atoms with E-state index in [1.807, 2.05) is 37.3 Å². The summed E-state index contributed by atoms with van der Waals surface area (Å²) in [5, 5.41) is 10.6. The minimum Gasteiger partial charge on any atom is -0.491 e. The van der Waals surface area contributed by atoms with Crippen LogP contribution >= 0.6 is 0 Å². The van der Waals surface area contributed by atoms with Crippen molar-refractivity contribution in [2.45, 2.75) is 19.6 Å². The minimum absolute atomic E-state index is 0.00265. The van der Waals surface area contributed by atoms with E-state index < -0.39 is 17.4 Å². The number of nitrogens with one attached hydrogen (secondary N) is 1. The second-order valence-corrected chi connectivity index (χ2v) is 7.19. The number of benzene rings is 2. The van der Waals surface area contributed by atoms with E-state index in [0.717, 1.165) is 5.56 Å². The normalized spacial score (nSPS) is 12.1. The number of para-hydroxylation sites is 1. The fraction of sp³-hybridized carbons (Fsp3) is 0.227. The smallest absolute Gasteiger partial charge is 0.329 e. The number of hydrogen-bond acceptors (Lipinski definition) is 6. The van der Waals surface area contributed by atoms with Crippen LogP contribution in [0, 0.1) is 6.92 Å². The van der Waals surface area contributed by atoms with Crippen LogP contribution in [0.15, 0.2) is 64.2 Å². The number of rotatable bonds is 7.